The van der Waals surface area contributed by atoms with Gasteiger partial charge in [0, 0.05) is 11.5 Å². The molecule has 2 rings (SSSR count). The van der Waals surface area contributed by atoms with Crippen LogP contribution in [0.15, 0.2) is 4.42 Å². The highest BCUT2D eigenvalue weighted by atomic mass is 16.3. The summed E-state index contributed by atoms with van der Waals surface area (Å²) in [5.41, 5.74) is 1.88. The first-order valence-electron chi connectivity index (χ1n) is 5.72. The van der Waals surface area contributed by atoms with Gasteiger partial charge in [-0.25, -0.2) is 0 Å². The number of carbonyl (C=O) groups is 1. The normalized spacial score (nSPS) is 17.3. The molecule has 1 fully saturated rings. The maximum Gasteiger partial charge on any atom is 0.169 e. The molecule has 0 unspecified atom stereocenters. The van der Waals surface area contributed by atoms with E-state index in [1.54, 1.807) is 0 Å². The first-order valence-corrected chi connectivity index (χ1v) is 5.72. The zero-order chi connectivity index (χ0) is 11.0. The van der Waals surface area contributed by atoms with Crippen molar-refractivity contribution in [1.29, 1.82) is 0 Å². The Kier molecular flexibility index (Phi) is 2.68. The Bertz CT molecular complexity index is 381. The van der Waals surface area contributed by atoms with Gasteiger partial charge in [-0.05, 0) is 33.6 Å². The van der Waals surface area contributed by atoms with Crippen molar-refractivity contribution in [3.63, 3.8) is 0 Å². The number of hydrogen-bond acceptors (Lipinski definition) is 2. The van der Waals surface area contributed by atoms with Crippen molar-refractivity contribution in [2.24, 2.45) is 5.92 Å². The van der Waals surface area contributed by atoms with Crippen LogP contribution in [0, 0.1) is 26.7 Å². The molecule has 2 heteroatoms. The molecule has 0 N–H and O–H groups in total. The molecule has 0 aliphatic heterocycles. The maximum absolute atomic E-state index is 12.2. The van der Waals surface area contributed by atoms with Crippen molar-refractivity contribution in [2.45, 2.75) is 46.5 Å². The second kappa shape index (κ2) is 3.84. The number of ketones is 1. The molecule has 1 heterocycles. The molecular weight excluding hydrogens is 188 g/mol. The number of aryl methyl sites for hydroxylation is 2. The summed E-state index contributed by atoms with van der Waals surface area (Å²) in [6.07, 6.45) is 4.51. The molecule has 0 atom stereocenters. The van der Waals surface area contributed by atoms with Gasteiger partial charge in [-0.1, -0.05) is 12.8 Å². The highest BCUT2D eigenvalue weighted by molar-refractivity contribution is 6.00. The summed E-state index contributed by atoms with van der Waals surface area (Å²) in [6.45, 7) is 5.80. The smallest absolute Gasteiger partial charge is 0.169 e. The molecule has 0 radical (unpaired) electrons. The number of hydrogen-bond donors (Lipinski definition) is 0. The average molecular weight is 206 g/mol. The second-order valence-corrected chi connectivity index (χ2v) is 4.56. The molecule has 0 spiro atoms. The van der Waals surface area contributed by atoms with E-state index in [1.807, 2.05) is 20.8 Å². The van der Waals surface area contributed by atoms with Crippen LogP contribution in [0.25, 0.3) is 0 Å². The van der Waals surface area contributed by atoms with Gasteiger partial charge >= 0.3 is 0 Å². The van der Waals surface area contributed by atoms with Crippen molar-refractivity contribution in [1.82, 2.24) is 0 Å². The van der Waals surface area contributed by atoms with Gasteiger partial charge in [-0.15, -0.1) is 0 Å². The molecule has 82 valence electrons. The third-order valence-corrected chi connectivity index (χ3v) is 3.53. The standard InChI is InChI=1S/C13H18O2/c1-8-9(2)15-10(3)12(8)13(14)11-6-4-5-7-11/h11H,4-7H2,1-3H3. The van der Waals surface area contributed by atoms with Crippen molar-refractivity contribution in [3.05, 3.63) is 22.6 Å². The molecule has 0 saturated heterocycles. The van der Waals surface area contributed by atoms with E-state index in [4.69, 9.17) is 4.42 Å². The average Bonchev–Trinajstić information content (AvgIpc) is 2.76. The number of Topliss-reactive ketones (excluding diaryl/α,β-unsaturated/α-hetero) is 1. The molecular formula is C13H18O2. The van der Waals surface area contributed by atoms with E-state index in [0.717, 1.165) is 35.5 Å². The van der Waals surface area contributed by atoms with Crippen LogP contribution in [-0.2, 0) is 0 Å². The van der Waals surface area contributed by atoms with Crippen LogP contribution < -0.4 is 0 Å². The fourth-order valence-corrected chi connectivity index (χ4v) is 2.55. The van der Waals surface area contributed by atoms with Crippen molar-refractivity contribution < 1.29 is 9.21 Å². The largest absolute Gasteiger partial charge is 0.466 e. The molecule has 1 aromatic rings. The number of furan rings is 1. The molecule has 1 aliphatic carbocycles. The van der Waals surface area contributed by atoms with Gasteiger partial charge in [0.05, 0.1) is 5.56 Å². The molecule has 0 bridgehead atoms. The van der Waals surface area contributed by atoms with E-state index < -0.39 is 0 Å². The van der Waals surface area contributed by atoms with E-state index >= 15 is 0 Å². The molecule has 1 aliphatic rings. The Balaban J connectivity index is 2.32. The lowest BCUT2D eigenvalue weighted by Crippen LogP contribution is -2.12. The SMILES string of the molecule is Cc1oc(C)c(C(=O)C2CCCC2)c1C. The molecule has 0 amide bonds. The van der Waals surface area contributed by atoms with Gasteiger partial charge in [0.1, 0.15) is 11.5 Å². The predicted octanol–water partition coefficient (Wildman–Crippen LogP) is 3.58. The summed E-state index contributed by atoms with van der Waals surface area (Å²) < 4.78 is 5.51. The monoisotopic (exact) mass is 206 g/mol. The van der Waals surface area contributed by atoms with Gasteiger partial charge in [-0.3, -0.25) is 4.79 Å². The zero-order valence-corrected chi connectivity index (χ0v) is 9.72. The topological polar surface area (TPSA) is 30.2 Å². The molecule has 1 aromatic heterocycles. The van der Waals surface area contributed by atoms with Crippen LogP contribution in [0.3, 0.4) is 0 Å². The predicted molar refractivity (Wildman–Crippen MR) is 59.2 cm³/mol. The van der Waals surface area contributed by atoms with E-state index in [2.05, 4.69) is 0 Å². The molecule has 15 heavy (non-hydrogen) atoms. The molecule has 0 aromatic carbocycles. The Hall–Kier alpha value is -1.05. The number of carbonyl (C=O) groups excluding carboxylic acids is 1. The van der Waals surface area contributed by atoms with Crippen LogP contribution >= 0.6 is 0 Å². The summed E-state index contributed by atoms with van der Waals surface area (Å²) in [4.78, 5) is 12.2. The fraction of sp³-hybridized carbons (Fsp3) is 0.615. The van der Waals surface area contributed by atoms with E-state index in [0.29, 0.717) is 5.78 Å². The van der Waals surface area contributed by atoms with Gasteiger partial charge < -0.3 is 4.42 Å². The third kappa shape index (κ3) is 1.73. The summed E-state index contributed by atoms with van der Waals surface area (Å²) in [5, 5.41) is 0. The Morgan fingerprint density at radius 3 is 2.20 bits per heavy atom. The molecule has 1 saturated carbocycles. The van der Waals surface area contributed by atoms with Crippen LogP contribution in [-0.4, -0.2) is 5.78 Å². The van der Waals surface area contributed by atoms with Crippen LogP contribution in [0.2, 0.25) is 0 Å². The minimum atomic E-state index is 0.249. The highest BCUT2D eigenvalue weighted by Gasteiger charge is 2.28. The van der Waals surface area contributed by atoms with E-state index in [-0.39, 0.29) is 5.92 Å². The van der Waals surface area contributed by atoms with Crippen molar-refractivity contribution >= 4 is 5.78 Å². The maximum atomic E-state index is 12.2. The summed E-state index contributed by atoms with van der Waals surface area (Å²) in [5.74, 6) is 2.23. The summed E-state index contributed by atoms with van der Waals surface area (Å²) in [6, 6.07) is 0. The fourth-order valence-electron chi connectivity index (χ4n) is 2.55. The minimum Gasteiger partial charge on any atom is -0.466 e. The lowest BCUT2D eigenvalue weighted by Gasteiger charge is -2.07. The first-order chi connectivity index (χ1) is 7.11. The first kappa shape index (κ1) is 10.5. The van der Waals surface area contributed by atoms with E-state index in [1.165, 1.54) is 12.8 Å². The number of rotatable bonds is 2. The van der Waals surface area contributed by atoms with Crippen LogP contribution in [0.1, 0.15) is 53.1 Å². The minimum absolute atomic E-state index is 0.249. The second-order valence-electron chi connectivity index (χ2n) is 4.56. The Labute approximate surface area is 90.7 Å². The van der Waals surface area contributed by atoms with Crippen LogP contribution in [0.5, 0.6) is 0 Å². The van der Waals surface area contributed by atoms with E-state index in [9.17, 15) is 4.79 Å². The summed E-state index contributed by atoms with van der Waals surface area (Å²) >= 11 is 0. The highest BCUT2D eigenvalue weighted by Crippen LogP contribution is 2.31. The van der Waals surface area contributed by atoms with Gasteiger partial charge in [-0.2, -0.15) is 0 Å². The Morgan fingerprint density at radius 1 is 1.13 bits per heavy atom. The quantitative estimate of drug-likeness (QED) is 0.692. The van der Waals surface area contributed by atoms with Gasteiger partial charge in [0.25, 0.3) is 0 Å². The lowest BCUT2D eigenvalue weighted by molar-refractivity contribution is 0.0921. The van der Waals surface area contributed by atoms with Gasteiger partial charge in [0.2, 0.25) is 0 Å². The van der Waals surface area contributed by atoms with Crippen LogP contribution in [0.4, 0.5) is 0 Å². The molecule has 2 nitrogen and oxygen atoms in total. The van der Waals surface area contributed by atoms with Crippen molar-refractivity contribution in [2.75, 3.05) is 0 Å². The summed E-state index contributed by atoms with van der Waals surface area (Å²) in [7, 11) is 0. The Morgan fingerprint density at radius 2 is 1.73 bits per heavy atom. The third-order valence-electron chi connectivity index (χ3n) is 3.53. The van der Waals surface area contributed by atoms with Gasteiger partial charge in [0.15, 0.2) is 5.78 Å². The lowest BCUT2D eigenvalue weighted by atomic mass is 9.94. The van der Waals surface area contributed by atoms with Crippen molar-refractivity contribution in [3.8, 4) is 0 Å². The zero-order valence-electron chi connectivity index (χ0n) is 9.72.